The summed E-state index contributed by atoms with van der Waals surface area (Å²) in [6.45, 7) is 0. The molecular formula is C5H4Br2OS. The van der Waals surface area contributed by atoms with E-state index in [9.17, 15) is 0 Å². The van der Waals surface area contributed by atoms with Gasteiger partial charge in [0.05, 0.1) is 4.47 Å². The second-order valence-electron chi connectivity index (χ2n) is 1.49. The van der Waals surface area contributed by atoms with Crippen LogP contribution in [0.5, 0.6) is 0 Å². The summed E-state index contributed by atoms with van der Waals surface area (Å²) in [5, 5.41) is 0. The highest BCUT2D eigenvalue weighted by Gasteiger charge is 2.02. The Hall–Kier alpha value is 0.590. The summed E-state index contributed by atoms with van der Waals surface area (Å²) in [6.07, 6.45) is 0. The number of hydrogen-bond donors (Lipinski definition) is 1. The van der Waals surface area contributed by atoms with E-state index in [0.717, 1.165) is 14.9 Å². The van der Waals surface area contributed by atoms with Gasteiger partial charge in [-0.25, -0.2) is 0 Å². The predicted molar refractivity (Wildman–Crippen MR) is 46.8 cm³/mol. The summed E-state index contributed by atoms with van der Waals surface area (Å²) in [6, 6.07) is 1.89. The molecule has 1 heterocycles. The van der Waals surface area contributed by atoms with E-state index in [1.165, 1.54) is 0 Å². The lowest BCUT2D eigenvalue weighted by Gasteiger charge is -1.81. The van der Waals surface area contributed by atoms with Crippen LogP contribution in [-0.4, -0.2) is 0 Å². The molecule has 0 aliphatic carbocycles. The van der Waals surface area contributed by atoms with Crippen LogP contribution in [0.3, 0.4) is 0 Å². The maximum atomic E-state index is 5.16. The average molecular weight is 272 g/mol. The van der Waals surface area contributed by atoms with Crippen molar-refractivity contribution in [1.29, 1.82) is 0 Å². The monoisotopic (exact) mass is 270 g/mol. The van der Waals surface area contributed by atoms with Crippen LogP contribution in [-0.2, 0) is 5.75 Å². The second kappa shape index (κ2) is 3.12. The molecule has 1 nitrogen and oxygen atoms in total. The molecule has 0 saturated carbocycles. The van der Waals surface area contributed by atoms with E-state index in [1.54, 1.807) is 0 Å². The highest BCUT2D eigenvalue weighted by Crippen LogP contribution is 2.27. The molecule has 1 aromatic rings. The van der Waals surface area contributed by atoms with E-state index in [1.807, 2.05) is 6.07 Å². The van der Waals surface area contributed by atoms with Gasteiger partial charge in [0.2, 0.25) is 0 Å². The lowest BCUT2D eigenvalue weighted by atomic mass is 10.5. The standard InChI is InChI=1S/C5H4Br2OS/c6-4-1-3(2-9)8-5(4)7/h1,9H,2H2. The smallest absolute Gasteiger partial charge is 0.183 e. The Kier molecular flexibility index (Phi) is 2.67. The van der Waals surface area contributed by atoms with Crippen LogP contribution in [0.4, 0.5) is 0 Å². The van der Waals surface area contributed by atoms with E-state index in [2.05, 4.69) is 44.5 Å². The molecule has 0 spiro atoms. The number of rotatable bonds is 1. The second-order valence-corrected chi connectivity index (χ2v) is 3.38. The van der Waals surface area contributed by atoms with Gasteiger partial charge in [0.25, 0.3) is 0 Å². The molecule has 0 saturated heterocycles. The molecule has 9 heavy (non-hydrogen) atoms. The first-order chi connectivity index (χ1) is 4.24. The highest BCUT2D eigenvalue weighted by atomic mass is 79.9. The minimum absolute atomic E-state index is 0.629. The highest BCUT2D eigenvalue weighted by molar-refractivity contribution is 9.13. The van der Waals surface area contributed by atoms with Crippen LogP contribution >= 0.6 is 44.5 Å². The third-order valence-electron chi connectivity index (χ3n) is 0.852. The van der Waals surface area contributed by atoms with Crippen molar-refractivity contribution in [3.05, 3.63) is 21.0 Å². The summed E-state index contributed by atoms with van der Waals surface area (Å²) in [7, 11) is 0. The minimum atomic E-state index is 0.629. The molecule has 1 rings (SSSR count). The van der Waals surface area contributed by atoms with E-state index in [4.69, 9.17) is 4.42 Å². The van der Waals surface area contributed by atoms with Gasteiger partial charge in [-0.2, -0.15) is 12.6 Å². The molecule has 0 bridgehead atoms. The fourth-order valence-electron chi connectivity index (χ4n) is 0.469. The Morgan fingerprint density at radius 2 is 2.22 bits per heavy atom. The number of thiol groups is 1. The summed E-state index contributed by atoms with van der Waals surface area (Å²) < 4.78 is 6.82. The lowest BCUT2D eigenvalue weighted by Crippen LogP contribution is -1.63. The first-order valence-corrected chi connectivity index (χ1v) is 4.50. The normalized spacial score (nSPS) is 10.1. The molecule has 4 heteroatoms. The number of furan rings is 1. The van der Waals surface area contributed by atoms with E-state index in [-0.39, 0.29) is 0 Å². The zero-order valence-electron chi connectivity index (χ0n) is 4.40. The van der Waals surface area contributed by atoms with Gasteiger partial charge in [0.1, 0.15) is 5.76 Å². The zero-order chi connectivity index (χ0) is 6.85. The minimum Gasteiger partial charge on any atom is -0.452 e. The fourth-order valence-corrected chi connectivity index (χ4v) is 1.28. The quantitative estimate of drug-likeness (QED) is 0.774. The Bertz CT molecular complexity index is 189. The van der Waals surface area contributed by atoms with Gasteiger partial charge in [-0.15, -0.1) is 0 Å². The van der Waals surface area contributed by atoms with Crippen molar-refractivity contribution in [1.82, 2.24) is 0 Å². The Morgan fingerprint density at radius 1 is 1.56 bits per heavy atom. The van der Waals surface area contributed by atoms with Crippen molar-refractivity contribution in [2.24, 2.45) is 0 Å². The van der Waals surface area contributed by atoms with Crippen LogP contribution in [0, 0.1) is 0 Å². The van der Waals surface area contributed by atoms with Crippen LogP contribution < -0.4 is 0 Å². The molecule has 0 unspecified atom stereocenters. The summed E-state index contributed by atoms with van der Waals surface area (Å²) >= 11 is 10.5. The largest absolute Gasteiger partial charge is 0.452 e. The Balaban J connectivity index is 2.98. The first-order valence-electron chi connectivity index (χ1n) is 2.28. The maximum Gasteiger partial charge on any atom is 0.183 e. The molecule has 0 amide bonds. The molecule has 0 radical (unpaired) electrons. The maximum absolute atomic E-state index is 5.16. The van der Waals surface area contributed by atoms with Gasteiger partial charge >= 0.3 is 0 Å². The van der Waals surface area contributed by atoms with Crippen LogP contribution in [0.1, 0.15) is 5.76 Å². The van der Waals surface area contributed by atoms with Crippen LogP contribution in [0.25, 0.3) is 0 Å². The van der Waals surface area contributed by atoms with Crippen LogP contribution in [0.2, 0.25) is 0 Å². The average Bonchev–Trinajstić information content (AvgIpc) is 2.13. The van der Waals surface area contributed by atoms with Crippen molar-refractivity contribution < 1.29 is 4.42 Å². The van der Waals surface area contributed by atoms with Gasteiger partial charge in [0.15, 0.2) is 4.67 Å². The Morgan fingerprint density at radius 3 is 2.44 bits per heavy atom. The SMILES string of the molecule is SCc1cc(Br)c(Br)o1. The predicted octanol–water partition coefficient (Wildman–Crippen LogP) is 3.23. The molecule has 0 N–H and O–H groups in total. The van der Waals surface area contributed by atoms with Gasteiger partial charge in [-0.05, 0) is 37.9 Å². The third-order valence-corrected chi connectivity index (χ3v) is 2.87. The molecular weight excluding hydrogens is 268 g/mol. The van der Waals surface area contributed by atoms with E-state index in [0.29, 0.717) is 5.75 Å². The first kappa shape index (κ1) is 7.69. The number of halogens is 2. The summed E-state index contributed by atoms with van der Waals surface area (Å²) in [5.41, 5.74) is 0. The van der Waals surface area contributed by atoms with Gasteiger partial charge in [0, 0.05) is 5.75 Å². The van der Waals surface area contributed by atoms with Crippen molar-refractivity contribution in [3.63, 3.8) is 0 Å². The van der Waals surface area contributed by atoms with Crippen LogP contribution in [0.15, 0.2) is 19.6 Å². The van der Waals surface area contributed by atoms with Crippen molar-refractivity contribution in [2.75, 3.05) is 0 Å². The molecule has 50 valence electrons. The van der Waals surface area contributed by atoms with Crippen molar-refractivity contribution >= 4 is 44.5 Å². The lowest BCUT2D eigenvalue weighted by molar-refractivity contribution is 0.505. The third kappa shape index (κ3) is 1.75. The van der Waals surface area contributed by atoms with Crippen molar-refractivity contribution in [3.8, 4) is 0 Å². The van der Waals surface area contributed by atoms with E-state index < -0.39 is 0 Å². The molecule has 0 fully saturated rings. The number of hydrogen-bond acceptors (Lipinski definition) is 2. The molecule has 1 aromatic heterocycles. The van der Waals surface area contributed by atoms with Gasteiger partial charge < -0.3 is 4.42 Å². The molecule has 0 aliphatic heterocycles. The van der Waals surface area contributed by atoms with Gasteiger partial charge in [-0.3, -0.25) is 0 Å². The molecule has 0 aromatic carbocycles. The van der Waals surface area contributed by atoms with Crippen molar-refractivity contribution in [2.45, 2.75) is 5.75 Å². The zero-order valence-corrected chi connectivity index (χ0v) is 8.46. The topological polar surface area (TPSA) is 13.1 Å². The van der Waals surface area contributed by atoms with E-state index >= 15 is 0 Å². The van der Waals surface area contributed by atoms with Gasteiger partial charge in [-0.1, -0.05) is 0 Å². The summed E-state index contributed by atoms with van der Waals surface area (Å²) in [5.74, 6) is 1.49. The fraction of sp³-hybridized carbons (Fsp3) is 0.200. The molecule has 0 atom stereocenters. The molecule has 0 aliphatic rings. The summed E-state index contributed by atoms with van der Waals surface area (Å²) in [4.78, 5) is 0. The Labute approximate surface area is 75.5 Å².